The van der Waals surface area contributed by atoms with Crippen molar-refractivity contribution in [1.82, 2.24) is 9.88 Å². The van der Waals surface area contributed by atoms with Crippen LogP contribution < -0.4 is 0 Å². The molecule has 1 N–H and O–H groups in total. The van der Waals surface area contributed by atoms with Crippen molar-refractivity contribution in [2.45, 2.75) is 33.2 Å². The van der Waals surface area contributed by atoms with Gasteiger partial charge in [0.25, 0.3) is 0 Å². The summed E-state index contributed by atoms with van der Waals surface area (Å²) < 4.78 is 0. The largest absolute Gasteiger partial charge is 0.395 e. The van der Waals surface area contributed by atoms with Gasteiger partial charge >= 0.3 is 0 Å². The van der Waals surface area contributed by atoms with Crippen molar-refractivity contribution in [2.75, 3.05) is 19.7 Å². The second-order valence-electron chi connectivity index (χ2n) is 3.98. The van der Waals surface area contributed by atoms with Crippen molar-refractivity contribution < 1.29 is 5.11 Å². The fraction of sp³-hybridized carbons (Fsp3) is 0.571. The van der Waals surface area contributed by atoms with Gasteiger partial charge in [0.05, 0.1) is 12.7 Å². The summed E-state index contributed by atoms with van der Waals surface area (Å²) in [5, 5.41) is 17.4. The lowest BCUT2D eigenvalue weighted by molar-refractivity contribution is 0.193. The summed E-state index contributed by atoms with van der Waals surface area (Å²) in [6, 6.07) is 5.98. The van der Waals surface area contributed by atoms with Crippen LogP contribution in [0.4, 0.5) is 0 Å². The molecule has 1 rings (SSSR count). The molecule has 0 amide bonds. The number of rotatable bonds is 6. The minimum atomic E-state index is 0.117. The molecule has 0 spiro atoms. The molecule has 0 atom stereocenters. The molecule has 0 aliphatic rings. The van der Waals surface area contributed by atoms with Crippen molar-refractivity contribution >= 4 is 0 Å². The van der Waals surface area contributed by atoms with Crippen LogP contribution in [-0.2, 0) is 6.54 Å². The lowest BCUT2D eigenvalue weighted by Crippen LogP contribution is -2.27. The minimum Gasteiger partial charge on any atom is -0.395 e. The summed E-state index contributed by atoms with van der Waals surface area (Å²) >= 11 is 0. The Hall–Kier alpha value is -1.44. The minimum absolute atomic E-state index is 0.117. The molecule has 1 aromatic rings. The van der Waals surface area contributed by atoms with Crippen LogP contribution in [0.25, 0.3) is 0 Å². The van der Waals surface area contributed by atoms with Crippen LogP contribution in [0.3, 0.4) is 0 Å². The Kier molecular flexibility index (Phi) is 11.1. The molecule has 0 fully saturated rings. The molecule has 4 nitrogen and oxygen atoms in total. The SMILES string of the molecule is CCC.N#CCCN(CCO)Cc1cccnc1. The number of pyridine rings is 1. The fourth-order valence-corrected chi connectivity index (χ4v) is 1.37. The Bertz CT molecular complexity index is 322. The highest BCUT2D eigenvalue weighted by Gasteiger charge is 2.04. The van der Waals surface area contributed by atoms with Crippen LogP contribution in [0.15, 0.2) is 24.5 Å². The first-order valence-corrected chi connectivity index (χ1v) is 6.37. The zero-order valence-electron chi connectivity index (χ0n) is 11.3. The molecule has 0 aliphatic heterocycles. The maximum absolute atomic E-state index is 8.87. The first kappa shape index (κ1) is 16.6. The predicted molar refractivity (Wildman–Crippen MR) is 72.8 cm³/mol. The van der Waals surface area contributed by atoms with Crippen LogP contribution in [0.1, 0.15) is 32.3 Å². The third kappa shape index (κ3) is 8.68. The van der Waals surface area contributed by atoms with Gasteiger partial charge in [-0.15, -0.1) is 0 Å². The van der Waals surface area contributed by atoms with E-state index in [1.165, 1.54) is 6.42 Å². The van der Waals surface area contributed by atoms with Gasteiger partial charge in [0.2, 0.25) is 0 Å². The Morgan fingerprint density at radius 2 is 2.11 bits per heavy atom. The highest BCUT2D eigenvalue weighted by atomic mass is 16.3. The van der Waals surface area contributed by atoms with Crippen LogP contribution in [0.2, 0.25) is 0 Å². The van der Waals surface area contributed by atoms with Crippen LogP contribution >= 0.6 is 0 Å². The molecule has 0 saturated carbocycles. The lowest BCUT2D eigenvalue weighted by Gasteiger charge is -2.19. The molecule has 0 aliphatic carbocycles. The highest BCUT2D eigenvalue weighted by Crippen LogP contribution is 2.02. The molecule has 0 radical (unpaired) electrons. The number of aromatic nitrogens is 1. The standard InChI is InChI=1S/C11H15N3O.C3H8/c12-4-2-6-14(7-8-15)10-11-3-1-5-13-9-11;1-3-2/h1,3,5,9,15H,2,6-8,10H2;3H2,1-2H3. The van der Waals surface area contributed by atoms with Gasteiger partial charge in [-0.2, -0.15) is 5.26 Å². The van der Waals surface area contributed by atoms with E-state index in [9.17, 15) is 0 Å². The van der Waals surface area contributed by atoms with E-state index in [0.29, 0.717) is 19.5 Å². The summed E-state index contributed by atoms with van der Waals surface area (Å²) in [6.45, 7) is 6.38. The van der Waals surface area contributed by atoms with Crippen molar-refractivity contribution in [3.63, 3.8) is 0 Å². The number of nitrogens with zero attached hydrogens (tertiary/aromatic N) is 3. The van der Waals surface area contributed by atoms with E-state index < -0.39 is 0 Å². The van der Waals surface area contributed by atoms with Crippen LogP contribution in [-0.4, -0.2) is 34.7 Å². The Balaban J connectivity index is 0.000000873. The predicted octanol–water partition coefficient (Wildman–Crippen LogP) is 2.21. The number of aliphatic hydroxyl groups excluding tert-OH is 1. The summed E-state index contributed by atoms with van der Waals surface area (Å²) in [4.78, 5) is 6.07. The van der Waals surface area contributed by atoms with Gasteiger partial charge in [0.1, 0.15) is 0 Å². The molecule has 1 aromatic heterocycles. The second kappa shape index (κ2) is 12.0. The van der Waals surface area contributed by atoms with Gasteiger partial charge in [0.15, 0.2) is 0 Å². The molecule has 0 aromatic carbocycles. The van der Waals surface area contributed by atoms with Gasteiger partial charge in [0, 0.05) is 38.4 Å². The van der Waals surface area contributed by atoms with Crippen molar-refractivity contribution in [3.05, 3.63) is 30.1 Å². The first-order valence-electron chi connectivity index (χ1n) is 6.37. The average Bonchev–Trinajstić information content (AvgIpc) is 2.38. The van der Waals surface area contributed by atoms with E-state index in [1.807, 2.05) is 17.0 Å². The van der Waals surface area contributed by atoms with Crippen molar-refractivity contribution in [3.8, 4) is 6.07 Å². The summed E-state index contributed by atoms with van der Waals surface area (Å²) in [5.74, 6) is 0. The van der Waals surface area contributed by atoms with E-state index in [-0.39, 0.29) is 6.61 Å². The first-order chi connectivity index (χ1) is 8.78. The average molecular weight is 249 g/mol. The molecule has 4 heteroatoms. The van der Waals surface area contributed by atoms with Gasteiger partial charge < -0.3 is 5.11 Å². The molecular weight excluding hydrogens is 226 g/mol. The quantitative estimate of drug-likeness (QED) is 0.839. The Morgan fingerprint density at radius 3 is 2.61 bits per heavy atom. The van der Waals surface area contributed by atoms with E-state index in [1.54, 1.807) is 12.4 Å². The van der Waals surface area contributed by atoms with E-state index in [2.05, 4.69) is 24.9 Å². The highest BCUT2D eigenvalue weighted by molar-refractivity contribution is 5.08. The fourth-order valence-electron chi connectivity index (χ4n) is 1.37. The number of nitriles is 1. The molecule has 0 bridgehead atoms. The molecule has 0 saturated heterocycles. The third-order valence-electron chi connectivity index (χ3n) is 2.09. The number of aliphatic hydroxyl groups is 1. The molecule has 100 valence electrons. The van der Waals surface area contributed by atoms with Gasteiger partial charge in [-0.3, -0.25) is 9.88 Å². The number of hydrogen-bond acceptors (Lipinski definition) is 4. The van der Waals surface area contributed by atoms with Gasteiger partial charge in [-0.1, -0.05) is 26.3 Å². The van der Waals surface area contributed by atoms with Gasteiger partial charge in [-0.25, -0.2) is 0 Å². The van der Waals surface area contributed by atoms with E-state index in [4.69, 9.17) is 10.4 Å². The van der Waals surface area contributed by atoms with Crippen molar-refractivity contribution in [2.24, 2.45) is 0 Å². The molecule has 0 unspecified atom stereocenters. The Morgan fingerprint density at radius 1 is 1.39 bits per heavy atom. The lowest BCUT2D eigenvalue weighted by atomic mass is 10.2. The molecular formula is C14H23N3O. The summed E-state index contributed by atoms with van der Waals surface area (Å²) in [5.41, 5.74) is 1.10. The Labute approximate surface area is 110 Å². The van der Waals surface area contributed by atoms with Crippen molar-refractivity contribution in [1.29, 1.82) is 5.26 Å². The smallest absolute Gasteiger partial charge is 0.0635 e. The normalized spacial score (nSPS) is 9.50. The maximum atomic E-state index is 8.87. The topological polar surface area (TPSA) is 60.2 Å². The molecule has 18 heavy (non-hydrogen) atoms. The summed E-state index contributed by atoms with van der Waals surface area (Å²) in [7, 11) is 0. The zero-order chi connectivity index (χ0) is 13.6. The van der Waals surface area contributed by atoms with Crippen LogP contribution in [0.5, 0.6) is 0 Å². The monoisotopic (exact) mass is 249 g/mol. The zero-order valence-corrected chi connectivity index (χ0v) is 11.3. The third-order valence-corrected chi connectivity index (χ3v) is 2.09. The van der Waals surface area contributed by atoms with E-state index >= 15 is 0 Å². The van der Waals surface area contributed by atoms with Crippen LogP contribution in [0, 0.1) is 11.3 Å². The molecule has 1 heterocycles. The summed E-state index contributed by atoms with van der Waals surface area (Å²) in [6.07, 6.45) is 5.27. The maximum Gasteiger partial charge on any atom is 0.0635 e. The van der Waals surface area contributed by atoms with Gasteiger partial charge in [-0.05, 0) is 11.6 Å². The number of hydrogen-bond donors (Lipinski definition) is 1. The van der Waals surface area contributed by atoms with E-state index in [0.717, 1.165) is 12.1 Å². The second-order valence-corrected chi connectivity index (χ2v) is 3.98.